The van der Waals surface area contributed by atoms with Gasteiger partial charge in [0.15, 0.2) is 0 Å². The molecule has 0 spiro atoms. The molecule has 0 N–H and O–H groups in total. The van der Waals surface area contributed by atoms with Crippen molar-refractivity contribution in [3.05, 3.63) is 70.5 Å². The number of carbonyl (C=O) groups is 2. The van der Waals surface area contributed by atoms with Gasteiger partial charge in [0.1, 0.15) is 12.4 Å². The minimum Gasteiger partial charge on any atom is -0.336 e. The van der Waals surface area contributed by atoms with Crippen LogP contribution < -0.4 is 0 Å². The van der Waals surface area contributed by atoms with Crippen molar-refractivity contribution in [3.8, 4) is 0 Å². The summed E-state index contributed by atoms with van der Waals surface area (Å²) in [6.07, 6.45) is 4.25. The van der Waals surface area contributed by atoms with Crippen LogP contribution in [0, 0.1) is 11.7 Å². The Morgan fingerprint density at radius 2 is 1.81 bits per heavy atom. The van der Waals surface area contributed by atoms with Gasteiger partial charge in [-0.05, 0) is 36.6 Å². The summed E-state index contributed by atoms with van der Waals surface area (Å²) in [4.78, 5) is 27.4. The third-order valence-corrected chi connectivity index (χ3v) is 6.31. The molecular formula is C24H25ClFN3O2. The fourth-order valence-corrected chi connectivity index (χ4v) is 4.51. The lowest BCUT2D eigenvalue weighted by Gasteiger charge is -2.26. The molecule has 1 fully saturated rings. The molecule has 7 heteroatoms. The van der Waals surface area contributed by atoms with Crippen LogP contribution in [0.5, 0.6) is 0 Å². The van der Waals surface area contributed by atoms with E-state index in [2.05, 4.69) is 5.10 Å². The van der Waals surface area contributed by atoms with Crippen molar-refractivity contribution < 1.29 is 14.0 Å². The molecule has 162 valence electrons. The molecule has 1 aliphatic carbocycles. The minimum atomic E-state index is -0.380. The lowest BCUT2D eigenvalue weighted by molar-refractivity contribution is -0.142. The standard InChI is InChI=1S/C24H25ClFN3O2/c1-28(24(31)17-6-2-3-7-17)15-23(30)29-22(16-10-12-18(25)13-11-16)14-21(27-29)19-8-4-5-9-20(19)26/h4-5,8-13,17,22H,2-3,6-7,14-15H2,1H3. The van der Waals surface area contributed by atoms with E-state index in [-0.39, 0.29) is 36.1 Å². The van der Waals surface area contributed by atoms with Crippen molar-refractivity contribution in [2.75, 3.05) is 13.6 Å². The number of halogens is 2. The SMILES string of the molecule is CN(CC(=O)N1N=C(c2ccccc2F)CC1c1ccc(Cl)cc1)C(=O)C1CCCC1. The summed E-state index contributed by atoms with van der Waals surface area (Å²) < 4.78 is 14.4. The molecular weight excluding hydrogens is 417 g/mol. The number of nitrogens with zero attached hydrogens (tertiary/aromatic N) is 3. The van der Waals surface area contributed by atoms with Gasteiger partial charge in [-0.3, -0.25) is 9.59 Å². The maximum Gasteiger partial charge on any atom is 0.262 e. The fourth-order valence-electron chi connectivity index (χ4n) is 4.38. The Bertz CT molecular complexity index is 1000. The van der Waals surface area contributed by atoms with Gasteiger partial charge in [0.25, 0.3) is 5.91 Å². The van der Waals surface area contributed by atoms with Crippen LogP contribution >= 0.6 is 11.6 Å². The lowest BCUT2D eigenvalue weighted by Crippen LogP contribution is -2.41. The van der Waals surface area contributed by atoms with Crippen LogP contribution in [0.15, 0.2) is 53.6 Å². The molecule has 1 unspecified atom stereocenters. The van der Waals surface area contributed by atoms with Gasteiger partial charge >= 0.3 is 0 Å². The maximum absolute atomic E-state index is 14.4. The Hall–Kier alpha value is -2.73. The van der Waals surface area contributed by atoms with Crippen LogP contribution in [0.4, 0.5) is 4.39 Å². The normalized spacial score (nSPS) is 18.9. The zero-order valence-electron chi connectivity index (χ0n) is 17.4. The van der Waals surface area contributed by atoms with E-state index in [9.17, 15) is 14.0 Å². The first kappa shape index (κ1) is 21.5. The molecule has 0 radical (unpaired) electrons. The second-order valence-electron chi connectivity index (χ2n) is 8.21. The number of amides is 2. The zero-order valence-corrected chi connectivity index (χ0v) is 18.2. The molecule has 4 rings (SSSR count). The van der Waals surface area contributed by atoms with E-state index in [1.165, 1.54) is 16.0 Å². The van der Waals surface area contributed by atoms with E-state index in [4.69, 9.17) is 11.6 Å². The van der Waals surface area contributed by atoms with Crippen LogP contribution in [-0.2, 0) is 9.59 Å². The topological polar surface area (TPSA) is 53.0 Å². The van der Waals surface area contributed by atoms with Crippen LogP contribution in [0.3, 0.4) is 0 Å². The summed E-state index contributed by atoms with van der Waals surface area (Å²) >= 11 is 6.03. The molecule has 1 heterocycles. The van der Waals surface area contributed by atoms with Crippen molar-refractivity contribution in [2.24, 2.45) is 11.0 Å². The zero-order chi connectivity index (χ0) is 22.0. The second kappa shape index (κ2) is 9.18. The highest BCUT2D eigenvalue weighted by molar-refractivity contribution is 6.30. The van der Waals surface area contributed by atoms with Crippen molar-refractivity contribution in [3.63, 3.8) is 0 Å². The molecule has 1 aliphatic heterocycles. The van der Waals surface area contributed by atoms with Gasteiger partial charge in [-0.25, -0.2) is 9.40 Å². The third-order valence-electron chi connectivity index (χ3n) is 6.06. The Kier molecular flexibility index (Phi) is 6.37. The Morgan fingerprint density at radius 3 is 2.48 bits per heavy atom. The Morgan fingerprint density at radius 1 is 1.13 bits per heavy atom. The van der Waals surface area contributed by atoms with E-state index in [1.54, 1.807) is 37.4 Å². The van der Waals surface area contributed by atoms with Gasteiger partial charge in [-0.15, -0.1) is 0 Å². The van der Waals surface area contributed by atoms with E-state index in [0.29, 0.717) is 22.7 Å². The molecule has 0 aromatic heterocycles. The summed E-state index contributed by atoms with van der Waals surface area (Å²) in [5.41, 5.74) is 1.75. The van der Waals surface area contributed by atoms with Gasteiger partial charge in [0.2, 0.25) is 5.91 Å². The second-order valence-corrected chi connectivity index (χ2v) is 8.65. The average Bonchev–Trinajstić information content (AvgIpc) is 3.44. The van der Waals surface area contributed by atoms with Crippen LogP contribution in [0.1, 0.15) is 49.3 Å². The highest BCUT2D eigenvalue weighted by atomic mass is 35.5. The lowest BCUT2D eigenvalue weighted by atomic mass is 9.98. The predicted octanol–water partition coefficient (Wildman–Crippen LogP) is 4.81. The summed E-state index contributed by atoms with van der Waals surface area (Å²) in [7, 11) is 1.66. The van der Waals surface area contributed by atoms with Crippen molar-refractivity contribution in [1.29, 1.82) is 0 Å². The first-order chi connectivity index (χ1) is 14.9. The van der Waals surface area contributed by atoms with Crippen molar-refractivity contribution in [2.45, 2.75) is 38.1 Å². The molecule has 5 nitrogen and oxygen atoms in total. The number of benzene rings is 2. The average molecular weight is 442 g/mol. The van der Waals surface area contributed by atoms with Gasteiger partial charge in [-0.1, -0.05) is 54.8 Å². The number of hydrogen-bond donors (Lipinski definition) is 0. The molecule has 2 amide bonds. The smallest absolute Gasteiger partial charge is 0.262 e. The fraction of sp³-hybridized carbons (Fsp3) is 0.375. The summed E-state index contributed by atoms with van der Waals surface area (Å²) in [5.74, 6) is -0.661. The number of hydrazone groups is 1. The Balaban J connectivity index is 1.58. The quantitative estimate of drug-likeness (QED) is 0.668. The van der Waals surface area contributed by atoms with Gasteiger partial charge < -0.3 is 4.90 Å². The summed E-state index contributed by atoms with van der Waals surface area (Å²) in [6, 6.07) is 13.3. The van der Waals surface area contributed by atoms with E-state index < -0.39 is 0 Å². The molecule has 0 bridgehead atoms. The predicted molar refractivity (Wildman–Crippen MR) is 118 cm³/mol. The number of likely N-dealkylation sites (N-methyl/N-ethyl adjacent to an activating group) is 1. The van der Waals surface area contributed by atoms with Crippen LogP contribution in [0.25, 0.3) is 0 Å². The molecule has 0 saturated heterocycles. The Labute approximate surface area is 186 Å². The number of hydrogen-bond acceptors (Lipinski definition) is 3. The number of rotatable bonds is 5. The molecule has 1 atom stereocenters. The van der Waals surface area contributed by atoms with Crippen LogP contribution in [0.2, 0.25) is 5.02 Å². The molecule has 2 aliphatic rings. The highest BCUT2D eigenvalue weighted by Crippen LogP contribution is 2.34. The monoisotopic (exact) mass is 441 g/mol. The first-order valence-corrected chi connectivity index (χ1v) is 11.0. The largest absolute Gasteiger partial charge is 0.336 e. The molecule has 1 saturated carbocycles. The van der Waals surface area contributed by atoms with Crippen molar-refractivity contribution >= 4 is 29.1 Å². The maximum atomic E-state index is 14.4. The highest BCUT2D eigenvalue weighted by Gasteiger charge is 2.35. The van der Waals surface area contributed by atoms with Gasteiger partial charge in [0, 0.05) is 30.0 Å². The summed E-state index contributed by atoms with van der Waals surface area (Å²) in [5, 5.41) is 6.49. The van der Waals surface area contributed by atoms with Crippen LogP contribution in [-0.4, -0.2) is 41.0 Å². The molecule has 31 heavy (non-hydrogen) atoms. The molecule has 2 aromatic rings. The third kappa shape index (κ3) is 4.64. The molecule has 2 aromatic carbocycles. The minimum absolute atomic E-state index is 0.000849. The van der Waals surface area contributed by atoms with Gasteiger partial charge in [-0.2, -0.15) is 5.10 Å². The van der Waals surface area contributed by atoms with Gasteiger partial charge in [0.05, 0.1) is 11.8 Å². The van der Waals surface area contributed by atoms with Crippen molar-refractivity contribution in [1.82, 2.24) is 9.91 Å². The van der Waals surface area contributed by atoms with E-state index in [0.717, 1.165) is 31.2 Å². The van der Waals surface area contributed by atoms with E-state index in [1.807, 2.05) is 12.1 Å². The van der Waals surface area contributed by atoms with E-state index >= 15 is 0 Å². The summed E-state index contributed by atoms with van der Waals surface area (Å²) in [6.45, 7) is -0.0620. The first-order valence-electron chi connectivity index (χ1n) is 10.6. The number of carbonyl (C=O) groups excluding carboxylic acids is 2.